The Morgan fingerprint density at radius 1 is 1.00 bits per heavy atom. The average Bonchev–Trinajstić information content (AvgIpc) is 2.43. The summed E-state index contributed by atoms with van der Waals surface area (Å²) in [5.74, 6) is 0.652. The molecular weight excluding hydrogens is 295 g/mol. The number of fused-ring (bicyclic) bond motifs is 1. The number of anilines is 3. The molecule has 6 heteroatoms. The van der Waals surface area contributed by atoms with Gasteiger partial charge in [0.15, 0.2) is 0 Å². The third-order valence-corrected chi connectivity index (χ3v) is 3.41. The molecule has 3 rings (SSSR count). The summed E-state index contributed by atoms with van der Waals surface area (Å²) in [5, 5.41) is 5.19. The second-order valence-electron chi connectivity index (χ2n) is 4.25. The third-order valence-electron chi connectivity index (χ3n) is 2.84. The van der Waals surface area contributed by atoms with Crippen molar-refractivity contribution in [1.29, 1.82) is 0 Å². The highest BCUT2D eigenvalue weighted by molar-refractivity contribution is 6.35. The van der Waals surface area contributed by atoms with E-state index in [2.05, 4.69) is 15.3 Å². The number of hydrogen-bond donors (Lipinski definition) is 2. The smallest absolute Gasteiger partial charge is 0.141 e. The monoisotopic (exact) mass is 304 g/mol. The number of nitrogen functional groups attached to an aromatic ring is 1. The number of halogens is 2. The summed E-state index contributed by atoms with van der Waals surface area (Å²) in [6.45, 7) is 0. The van der Waals surface area contributed by atoms with Gasteiger partial charge in [-0.25, -0.2) is 9.97 Å². The predicted molar refractivity (Wildman–Crippen MR) is 83.7 cm³/mol. The summed E-state index contributed by atoms with van der Waals surface area (Å²) in [7, 11) is 0. The van der Waals surface area contributed by atoms with Gasteiger partial charge in [-0.15, -0.1) is 0 Å². The first-order valence-electron chi connectivity index (χ1n) is 5.86. The Hall–Kier alpha value is -2.04. The van der Waals surface area contributed by atoms with Gasteiger partial charge in [-0.3, -0.25) is 0 Å². The molecular formula is C14H10Cl2N4. The van der Waals surface area contributed by atoms with E-state index in [9.17, 15) is 0 Å². The molecule has 0 bridgehead atoms. The lowest BCUT2D eigenvalue weighted by molar-refractivity contribution is 1.22. The number of aromatic nitrogens is 2. The predicted octanol–water partition coefficient (Wildman–Crippen LogP) is 4.26. The lowest BCUT2D eigenvalue weighted by atomic mass is 10.2. The fraction of sp³-hybridized carbons (Fsp3) is 0. The van der Waals surface area contributed by atoms with Crippen LogP contribution >= 0.6 is 23.2 Å². The highest BCUT2D eigenvalue weighted by atomic mass is 35.5. The fourth-order valence-electron chi connectivity index (χ4n) is 1.89. The SMILES string of the molecule is Nc1ccc2c(Nc3cc(Cl)ccc3Cl)ncnc2c1. The van der Waals surface area contributed by atoms with Crippen molar-refractivity contribution >= 4 is 51.3 Å². The van der Waals surface area contributed by atoms with Gasteiger partial charge in [-0.2, -0.15) is 0 Å². The van der Waals surface area contributed by atoms with Crippen LogP contribution in [-0.4, -0.2) is 9.97 Å². The van der Waals surface area contributed by atoms with E-state index in [-0.39, 0.29) is 0 Å². The molecule has 0 unspecified atom stereocenters. The summed E-state index contributed by atoms with van der Waals surface area (Å²) in [6, 6.07) is 10.7. The summed E-state index contributed by atoms with van der Waals surface area (Å²) in [5.41, 5.74) is 7.86. The van der Waals surface area contributed by atoms with Gasteiger partial charge >= 0.3 is 0 Å². The first kappa shape index (κ1) is 13.0. The second kappa shape index (κ2) is 5.15. The minimum Gasteiger partial charge on any atom is -0.399 e. The van der Waals surface area contributed by atoms with Crippen LogP contribution in [0.4, 0.5) is 17.2 Å². The van der Waals surface area contributed by atoms with Crippen LogP contribution in [0.15, 0.2) is 42.7 Å². The van der Waals surface area contributed by atoms with E-state index in [1.54, 1.807) is 30.3 Å². The van der Waals surface area contributed by atoms with E-state index in [4.69, 9.17) is 28.9 Å². The normalized spacial score (nSPS) is 10.7. The van der Waals surface area contributed by atoms with Crippen molar-refractivity contribution in [2.75, 3.05) is 11.1 Å². The molecule has 0 aliphatic heterocycles. The molecule has 0 aliphatic rings. The lowest BCUT2D eigenvalue weighted by Gasteiger charge is -2.10. The van der Waals surface area contributed by atoms with E-state index in [0.717, 1.165) is 10.9 Å². The molecule has 0 aliphatic carbocycles. The van der Waals surface area contributed by atoms with E-state index >= 15 is 0 Å². The largest absolute Gasteiger partial charge is 0.399 e. The maximum atomic E-state index is 6.14. The van der Waals surface area contributed by atoms with E-state index < -0.39 is 0 Å². The lowest BCUT2D eigenvalue weighted by Crippen LogP contribution is -1.97. The quantitative estimate of drug-likeness (QED) is 0.694. The Bertz CT molecular complexity index is 789. The van der Waals surface area contributed by atoms with Crippen LogP contribution in [0.5, 0.6) is 0 Å². The van der Waals surface area contributed by atoms with Crippen molar-refractivity contribution < 1.29 is 0 Å². The maximum absolute atomic E-state index is 6.14. The van der Waals surface area contributed by atoms with E-state index in [0.29, 0.717) is 27.2 Å². The Kier molecular flexibility index (Phi) is 3.34. The van der Waals surface area contributed by atoms with Crippen LogP contribution in [0.3, 0.4) is 0 Å². The minimum absolute atomic E-state index is 0.566. The van der Waals surface area contributed by atoms with Gasteiger partial charge in [0.25, 0.3) is 0 Å². The van der Waals surface area contributed by atoms with Crippen molar-refractivity contribution in [2.24, 2.45) is 0 Å². The van der Waals surface area contributed by atoms with Gasteiger partial charge in [0, 0.05) is 16.1 Å². The first-order chi connectivity index (χ1) is 9.63. The molecule has 0 saturated heterocycles. The standard InChI is InChI=1S/C14H10Cl2N4/c15-8-1-4-11(16)13(5-8)20-14-10-3-2-9(17)6-12(10)18-7-19-14/h1-7H,17H2,(H,18,19,20). The van der Waals surface area contributed by atoms with Gasteiger partial charge < -0.3 is 11.1 Å². The number of benzene rings is 2. The summed E-state index contributed by atoms with van der Waals surface area (Å²) in [6.07, 6.45) is 1.47. The molecule has 0 fully saturated rings. The van der Waals surface area contributed by atoms with Crippen molar-refractivity contribution in [3.05, 3.63) is 52.8 Å². The molecule has 3 N–H and O–H groups in total. The molecule has 2 aromatic carbocycles. The van der Waals surface area contributed by atoms with Gasteiger partial charge in [0.05, 0.1) is 16.2 Å². The van der Waals surface area contributed by atoms with Crippen molar-refractivity contribution in [1.82, 2.24) is 9.97 Å². The Balaban J connectivity index is 2.09. The molecule has 4 nitrogen and oxygen atoms in total. The van der Waals surface area contributed by atoms with Crippen LogP contribution in [0.1, 0.15) is 0 Å². The molecule has 1 aromatic heterocycles. The summed E-state index contributed by atoms with van der Waals surface area (Å²) < 4.78 is 0. The molecule has 0 amide bonds. The molecule has 0 spiro atoms. The average molecular weight is 305 g/mol. The van der Waals surface area contributed by atoms with Crippen molar-refractivity contribution in [3.8, 4) is 0 Å². The number of rotatable bonds is 2. The topological polar surface area (TPSA) is 63.8 Å². The van der Waals surface area contributed by atoms with E-state index in [1.807, 2.05) is 6.07 Å². The van der Waals surface area contributed by atoms with Gasteiger partial charge in [-0.1, -0.05) is 23.2 Å². The van der Waals surface area contributed by atoms with E-state index in [1.165, 1.54) is 6.33 Å². The fourth-order valence-corrected chi connectivity index (χ4v) is 2.23. The van der Waals surface area contributed by atoms with Gasteiger partial charge in [0.1, 0.15) is 12.1 Å². The molecule has 20 heavy (non-hydrogen) atoms. The molecule has 3 aromatic rings. The number of nitrogens with one attached hydrogen (secondary N) is 1. The van der Waals surface area contributed by atoms with Crippen molar-refractivity contribution in [2.45, 2.75) is 0 Å². The number of nitrogens with zero attached hydrogens (tertiary/aromatic N) is 2. The molecule has 1 heterocycles. The molecule has 0 atom stereocenters. The van der Waals surface area contributed by atoms with Crippen molar-refractivity contribution in [3.63, 3.8) is 0 Å². The summed E-state index contributed by atoms with van der Waals surface area (Å²) >= 11 is 12.1. The highest BCUT2D eigenvalue weighted by Crippen LogP contribution is 2.30. The third kappa shape index (κ3) is 2.48. The van der Waals surface area contributed by atoms with Crippen LogP contribution in [-0.2, 0) is 0 Å². The molecule has 0 radical (unpaired) electrons. The zero-order valence-electron chi connectivity index (χ0n) is 10.3. The minimum atomic E-state index is 0.566. The zero-order chi connectivity index (χ0) is 14.1. The molecule has 0 saturated carbocycles. The Labute approximate surface area is 125 Å². The summed E-state index contributed by atoms with van der Waals surface area (Å²) in [4.78, 5) is 8.43. The second-order valence-corrected chi connectivity index (χ2v) is 5.09. The zero-order valence-corrected chi connectivity index (χ0v) is 11.8. The highest BCUT2D eigenvalue weighted by Gasteiger charge is 2.07. The van der Waals surface area contributed by atoms with Crippen LogP contribution in [0.2, 0.25) is 10.0 Å². The molecule has 100 valence electrons. The maximum Gasteiger partial charge on any atom is 0.141 e. The van der Waals surface area contributed by atoms with Gasteiger partial charge in [-0.05, 0) is 36.4 Å². The first-order valence-corrected chi connectivity index (χ1v) is 6.61. The van der Waals surface area contributed by atoms with Crippen LogP contribution in [0, 0.1) is 0 Å². The Morgan fingerprint density at radius 2 is 1.85 bits per heavy atom. The number of hydrogen-bond acceptors (Lipinski definition) is 4. The van der Waals surface area contributed by atoms with Gasteiger partial charge in [0.2, 0.25) is 0 Å². The Morgan fingerprint density at radius 3 is 2.70 bits per heavy atom. The number of nitrogens with two attached hydrogens (primary N) is 1. The van der Waals surface area contributed by atoms with Crippen LogP contribution in [0.25, 0.3) is 10.9 Å². The van der Waals surface area contributed by atoms with Crippen LogP contribution < -0.4 is 11.1 Å².